The molecule has 0 bridgehead atoms. The predicted molar refractivity (Wildman–Crippen MR) is 74.1 cm³/mol. The smallest absolute Gasteiger partial charge is 0.254 e. The lowest BCUT2D eigenvalue weighted by Gasteiger charge is -2.23. The van der Waals surface area contributed by atoms with Crippen LogP contribution < -0.4 is 0 Å². The molecule has 0 spiro atoms. The van der Waals surface area contributed by atoms with Crippen LogP contribution in [0.15, 0.2) is 30.5 Å². The molecule has 2 aromatic rings. The van der Waals surface area contributed by atoms with Crippen LogP contribution in [0.4, 0.5) is 0 Å². The standard InChI is InChI=1S/C15H18N2O2/c1-16-8-6-11-4-5-12(9-14(11)16)15(19)17-7-2-3-13(17)10-18/h4-6,8-9,13,18H,2-3,7,10H2,1H3. The van der Waals surface area contributed by atoms with Crippen LogP contribution in [0.25, 0.3) is 10.9 Å². The van der Waals surface area contributed by atoms with E-state index < -0.39 is 0 Å². The second-order valence-corrected chi connectivity index (χ2v) is 5.18. The lowest BCUT2D eigenvalue weighted by atomic mass is 10.1. The van der Waals surface area contributed by atoms with Crippen molar-refractivity contribution in [2.24, 2.45) is 7.05 Å². The Bertz CT molecular complexity index is 618. The number of rotatable bonds is 2. The Hall–Kier alpha value is -1.81. The van der Waals surface area contributed by atoms with E-state index in [9.17, 15) is 9.90 Å². The summed E-state index contributed by atoms with van der Waals surface area (Å²) in [4.78, 5) is 14.3. The second kappa shape index (κ2) is 4.70. The second-order valence-electron chi connectivity index (χ2n) is 5.18. The fraction of sp³-hybridized carbons (Fsp3) is 0.400. The maximum absolute atomic E-state index is 12.5. The first-order chi connectivity index (χ1) is 9.20. The maximum Gasteiger partial charge on any atom is 0.254 e. The molecule has 1 amide bonds. The van der Waals surface area contributed by atoms with Gasteiger partial charge in [0.15, 0.2) is 0 Å². The summed E-state index contributed by atoms with van der Waals surface area (Å²) >= 11 is 0. The molecule has 0 saturated carbocycles. The van der Waals surface area contributed by atoms with Gasteiger partial charge in [0.25, 0.3) is 5.91 Å². The fourth-order valence-electron chi connectivity index (χ4n) is 2.85. The number of nitrogens with zero attached hydrogens (tertiary/aromatic N) is 2. The Morgan fingerprint density at radius 2 is 2.26 bits per heavy atom. The molecular weight excluding hydrogens is 240 g/mol. The third kappa shape index (κ3) is 2.02. The highest BCUT2D eigenvalue weighted by Gasteiger charge is 2.28. The highest BCUT2D eigenvalue weighted by molar-refractivity contribution is 5.98. The van der Waals surface area contributed by atoms with Crippen LogP contribution >= 0.6 is 0 Å². The number of carbonyl (C=O) groups is 1. The average molecular weight is 258 g/mol. The van der Waals surface area contributed by atoms with Crippen LogP contribution in [-0.2, 0) is 7.05 Å². The number of fused-ring (bicyclic) bond motifs is 1. The summed E-state index contributed by atoms with van der Waals surface area (Å²) < 4.78 is 2.01. The molecule has 100 valence electrons. The molecule has 1 aromatic carbocycles. The quantitative estimate of drug-likeness (QED) is 0.892. The van der Waals surface area contributed by atoms with E-state index in [4.69, 9.17) is 0 Å². The van der Waals surface area contributed by atoms with Crippen molar-refractivity contribution in [3.63, 3.8) is 0 Å². The molecule has 1 N–H and O–H groups in total. The van der Waals surface area contributed by atoms with Gasteiger partial charge < -0.3 is 14.6 Å². The summed E-state index contributed by atoms with van der Waals surface area (Å²) in [5.74, 6) is 0.0275. The van der Waals surface area contributed by atoms with Gasteiger partial charge in [-0.15, -0.1) is 0 Å². The summed E-state index contributed by atoms with van der Waals surface area (Å²) in [7, 11) is 1.98. The van der Waals surface area contributed by atoms with E-state index in [2.05, 4.69) is 0 Å². The topological polar surface area (TPSA) is 45.5 Å². The van der Waals surface area contributed by atoms with Crippen LogP contribution in [0.5, 0.6) is 0 Å². The summed E-state index contributed by atoms with van der Waals surface area (Å²) in [5.41, 5.74) is 1.76. The first kappa shape index (κ1) is 12.2. The van der Waals surface area contributed by atoms with Gasteiger partial charge in [0.2, 0.25) is 0 Å². The molecule has 1 unspecified atom stereocenters. The zero-order chi connectivity index (χ0) is 13.4. The van der Waals surface area contributed by atoms with E-state index in [1.807, 2.05) is 42.1 Å². The minimum Gasteiger partial charge on any atom is -0.394 e. The van der Waals surface area contributed by atoms with E-state index in [0.29, 0.717) is 5.56 Å². The Kier molecular flexibility index (Phi) is 3.03. The van der Waals surface area contributed by atoms with Crippen molar-refractivity contribution in [1.29, 1.82) is 0 Å². The van der Waals surface area contributed by atoms with Gasteiger partial charge in [0.05, 0.1) is 12.6 Å². The van der Waals surface area contributed by atoms with Gasteiger partial charge in [-0.05, 0) is 36.4 Å². The molecule has 1 aliphatic rings. The molecule has 1 aromatic heterocycles. The minimum absolute atomic E-state index is 0.0170. The number of aryl methyl sites for hydroxylation is 1. The number of aromatic nitrogens is 1. The average Bonchev–Trinajstić information content (AvgIpc) is 3.04. The molecule has 0 aliphatic carbocycles. The molecule has 0 radical (unpaired) electrons. The Labute approximate surface area is 112 Å². The normalized spacial score (nSPS) is 19.3. The van der Waals surface area contributed by atoms with Gasteiger partial charge in [0, 0.05) is 30.9 Å². The fourth-order valence-corrected chi connectivity index (χ4v) is 2.85. The van der Waals surface area contributed by atoms with Crippen molar-refractivity contribution in [1.82, 2.24) is 9.47 Å². The molecule has 1 fully saturated rings. The number of benzene rings is 1. The summed E-state index contributed by atoms with van der Waals surface area (Å²) in [6.07, 6.45) is 3.86. The van der Waals surface area contributed by atoms with E-state index >= 15 is 0 Å². The lowest BCUT2D eigenvalue weighted by Crippen LogP contribution is -2.37. The zero-order valence-corrected chi connectivity index (χ0v) is 11.0. The predicted octanol–water partition coefficient (Wildman–Crippen LogP) is 1.78. The van der Waals surface area contributed by atoms with Gasteiger partial charge in [-0.3, -0.25) is 4.79 Å². The Morgan fingerprint density at radius 1 is 1.42 bits per heavy atom. The van der Waals surface area contributed by atoms with Crippen LogP contribution in [0.1, 0.15) is 23.2 Å². The summed E-state index contributed by atoms with van der Waals surface area (Å²) in [6.45, 7) is 0.799. The zero-order valence-electron chi connectivity index (χ0n) is 11.0. The first-order valence-corrected chi connectivity index (χ1v) is 6.67. The number of aliphatic hydroxyl groups is 1. The van der Waals surface area contributed by atoms with Gasteiger partial charge in [-0.25, -0.2) is 0 Å². The minimum atomic E-state index is -0.0170. The highest BCUT2D eigenvalue weighted by Crippen LogP contribution is 2.22. The number of hydrogen-bond acceptors (Lipinski definition) is 2. The van der Waals surface area contributed by atoms with Crippen molar-refractivity contribution in [2.45, 2.75) is 18.9 Å². The van der Waals surface area contributed by atoms with Crippen molar-refractivity contribution < 1.29 is 9.90 Å². The summed E-state index contributed by atoms with van der Waals surface area (Å²) in [5, 5.41) is 10.5. The molecular formula is C15H18N2O2. The first-order valence-electron chi connectivity index (χ1n) is 6.67. The molecule has 2 heterocycles. The largest absolute Gasteiger partial charge is 0.394 e. The van der Waals surface area contributed by atoms with E-state index in [0.717, 1.165) is 30.3 Å². The van der Waals surface area contributed by atoms with Gasteiger partial charge in [-0.1, -0.05) is 6.07 Å². The van der Waals surface area contributed by atoms with Crippen molar-refractivity contribution in [3.05, 3.63) is 36.0 Å². The summed E-state index contributed by atoms with van der Waals surface area (Å²) in [6, 6.07) is 7.81. The highest BCUT2D eigenvalue weighted by atomic mass is 16.3. The van der Waals surface area contributed by atoms with Crippen LogP contribution in [0, 0.1) is 0 Å². The maximum atomic E-state index is 12.5. The van der Waals surface area contributed by atoms with Gasteiger partial charge >= 0.3 is 0 Å². The third-order valence-electron chi connectivity index (χ3n) is 3.98. The number of amides is 1. The molecule has 1 saturated heterocycles. The van der Waals surface area contributed by atoms with Crippen LogP contribution in [0.3, 0.4) is 0 Å². The Balaban J connectivity index is 1.94. The van der Waals surface area contributed by atoms with Crippen molar-refractivity contribution in [2.75, 3.05) is 13.2 Å². The molecule has 4 nitrogen and oxygen atoms in total. The van der Waals surface area contributed by atoms with E-state index in [-0.39, 0.29) is 18.6 Å². The third-order valence-corrected chi connectivity index (χ3v) is 3.98. The van der Waals surface area contributed by atoms with Crippen molar-refractivity contribution in [3.8, 4) is 0 Å². The number of hydrogen-bond donors (Lipinski definition) is 1. The lowest BCUT2D eigenvalue weighted by molar-refractivity contribution is 0.0678. The molecule has 1 aliphatic heterocycles. The monoisotopic (exact) mass is 258 g/mol. The Morgan fingerprint density at radius 3 is 3.05 bits per heavy atom. The SMILES string of the molecule is Cn1ccc2ccc(C(=O)N3CCCC3CO)cc21. The van der Waals surface area contributed by atoms with Gasteiger partial charge in [-0.2, -0.15) is 0 Å². The molecule has 1 atom stereocenters. The van der Waals surface area contributed by atoms with Gasteiger partial charge in [0.1, 0.15) is 0 Å². The van der Waals surface area contributed by atoms with Crippen molar-refractivity contribution >= 4 is 16.8 Å². The molecule has 4 heteroatoms. The number of likely N-dealkylation sites (tertiary alicyclic amines) is 1. The number of aliphatic hydroxyl groups excluding tert-OH is 1. The van der Waals surface area contributed by atoms with Crippen LogP contribution in [-0.4, -0.2) is 39.7 Å². The number of carbonyl (C=O) groups excluding carboxylic acids is 1. The van der Waals surface area contributed by atoms with E-state index in [1.165, 1.54) is 0 Å². The molecule has 19 heavy (non-hydrogen) atoms. The van der Waals surface area contributed by atoms with Crippen LogP contribution in [0.2, 0.25) is 0 Å². The molecule has 3 rings (SSSR count). The van der Waals surface area contributed by atoms with E-state index in [1.54, 1.807) is 4.90 Å².